The van der Waals surface area contributed by atoms with Gasteiger partial charge in [-0.2, -0.15) is 0 Å². The Morgan fingerprint density at radius 2 is 1.86 bits per heavy atom. The number of ether oxygens (including phenoxy) is 2. The van der Waals surface area contributed by atoms with Crippen molar-refractivity contribution in [2.75, 3.05) is 32.6 Å². The lowest BCUT2D eigenvalue weighted by Gasteiger charge is -2.26. The van der Waals surface area contributed by atoms with Crippen LogP contribution in [-0.2, 0) is 17.8 Å². The third-order valence-corrected chi connectivity index (χ3v) is 5.17. The summed E-state index contributed by atoms with van der Waals surface area (Å²) < 4.78 is 10.7. The second-order valence-corrected chi connectivity index (χ2v) is 7.26. The van der Waals surface area contributed by atoms with Crippen molar-refractivity contribution in [2.45, 2.75) is 38.6 Å². The highest BCUT2D eigenvalue weighted by atomic mass is 16.5. The van der Waals surface area contributed by atoms with Crippen LogP contribution in [0.2, 0.25) is 0 Å². The molecular formula is C23H30N2O3. The van der Waals surface area contributed by atoms with Crippen LogP contribution in [0.5, 0.6) is 11.5 Å². The second kappa shape index (κ2) is 10.1. The van der Waals surface area contributed by atoms with Crippen molar-refractivity contribution in [3.8, 4) is 11.5 Å². The van der Waals surface area contributed by atoms with Gasteiger partial charge in [0.2, 0.25) is 5.91 Å². The molecule has 2 aromatic carbocycles. The average Bonchev–Trinajstić information content (AvgIpc) is 2.73. The van der Waals surface area contributed by atoms with Crippen molar-refractivity contribution >= 4 is 11.6 Å². The summed E-state index contributed by atoms with van der Waals surface area (Å²) in [6.45, 7) is 3.28. The van der Waals surface area contributed by atoms with Gasteiger partial charge in [-0.25, -0.2) is 0 Å². The minimum Gasteiger partial charge on any atom is -0.497 e. The van der Waals surface area contributed by atoms with Gasteiger partial charge in [-0.1, -0.05) is 18.6 Å². The van der Waals surface area contributed by atoms with E-state index in [1.807, 2.05) is 30.3 Å². The molecule has 5 heteroatoms. The number of nitrogens with one attached hydrogen (secondary N) is 1. The van der Waals surface area contributed by atoms with Gasteiger partial charge in [0, 0.05) is 18.7 Å². The van der Waals surface area contributed by atoms with E-state index in [0.29, 0.717) is 12.8 Å². The van der Waals surface area contributed by atoms with Crippen molar-refractivity contribution in [3.05, 3.63) is 53.6 Å². The fraction of sp³-hybridized carbons (Fsp3) is 0.435. The molecule has 1 N–H and O–H groups in total. The first-order chi connectivity index (χ1) is 13.7. The van der Waals surface area contributed by atoms with Gasteiger partial charge in [0.05, 0.1) is 14.2 Å². The fourth-order valence-electron chi connectivity index (χ4n) is 3.67. The van der Waals surface area contributed by atoms with Crippen molar-refractivity contribution in [1.82, 2.24) is 4.90 Å². The summed E-state index contributed by atoms with van der Waals surface area (Å²) in [5.41, 5.74) is 3.07. The summed E-state index contributed by atoms with van der Waals surface area (Å²) in [5.74, 6) is 1.54. The van der Waals surface area contributed by atoms with Crippen molar-refractivity contribution < 1.29 is 14.3 Å². The number of rotatable bonds is 8. The van der Waals surface area contributed by atoms with E-state index in [4.69, 9.17) is 9.47 Å². The number of hydrogen-bond acceptors (Lipinski definition) is 4. The van der Waals surface area contributed by atoms with Gasteiger partial charge in [0.1, 0.15) is 11.5 Å². The monoisotopic (exact) mass is 382 g/mol. The third-order valence-electron chi connectivity index (χ3n) is 5.17. The van der Waals surface area contributed by atoms with Gasteiger partial charge in [0.15, 0.2) is 0 Å². The Hall–Kier alpha value is -2.53. The van der Waals surface area contributed by atoms with E-state index < -0.39 is 0 Å². The Morgan fingerprint density at radius 3 is 2.61 bits per heavy atom. The molecule has 1 fully saturated rings. The van der Waals surface area contributed by atoms with Gasteiger partial charge in [-0.3, -0.25) is 9.69 Å². The number of hydrogen-bond donors (Lipinski definition) is 1. The molecule has 1 saturated heterocycles. The number of carbonyl (C=O) groups is 1. The highest BCUT2D eigenvalue weighted by molar-refractivity contribution is 5.90. The number of likely N-dealkylation sites (tertiary alicyclic amines) is 1. The van der Waals surface area contributed by atoms with E-state index >= 15 is 0 Å². The lowest BCUT2D eigenvalue weighted by atomic mass is 10.1. The van der Waals surface area contributed by atoms with Crippen LogP contribution in [0.3, 0.4) is 0 Å². The Kier molecular flexibility index (Phi) is 7.31. The average molecular weight is 383 g/mol. The molecule has 0 radical (unpaired) electrons. The lowest BCUT2D eigenvalue weighted by Crippen LogP contribution is -2.29. The van der Waals surface area contributed by atoms with Crippen LogP contribution in [0.15, 0.2) is 42.5 Å². The highest BCUT2D eigenvalue weighted by Gasteiger charge is 2.12. The van der Waals surface area contributed by atoms with E-state index in [9.17, 15) is 4.79 Å². The molecule has 28 heavy (non-hydrogen) atoms. The summed E-state index contributed by atoms with van der Waals surface area (Å²) in [5, 5.41) is 3.03. The number of aryl methyl sites for hydroxylation is 1. The maximum Gasteiger partial charge on any atom is 0.224 e. The van der Waals surface area contributed by atoms with Gasteiger partial charge in [-0.05, 0) is 73.8 Å². The molecular weight excluding hydrogens is 352 g/mol. The maximum absolute atomic E-state index is 12.4. The normalized spacial score (nSPS) is 14.5. The zero-order valence-electron chi connectivity index (χ0n) is 16.9. The van der Waals surface area contributed by atoms with Gasteiger partial charge < -0.3 is 14.8 Å². The Bertz CT molecular complexity index is 785. The summed E-state index contributed by atoms with van der Waals surface area (Å²) in [6.07, 6.45) is 4.89. The standard InChI is InChI=1S/C23H30N2O3/c1-27-21-10-11-22(28-2)19(16-21)9-12-23(26)24-20-8-6-7-18(15-20)17-25-13-4-3-5-14-25/h6-8,10-11,15-16H,3-5,9,12-14,17H2,1-2H3,(H,24,26). The number of carbonyl (C=O) groups excluding carboxylic acids is 1. The van der Waals surface area contributed by atoms with Crippen LogP contribution in [0.4, 0.5) is 5.69 Å². The van der Waals surface area contributed by atoms with E-state index in [1.165, 1.54) is 37.9 Å². The molecule has 0 aliphatic carbocycles. The third kappa shape index (κ3) is 5.73. The van der Waals surface area contributed by atoms with E-state index in [-0.39, 0.29) is 5.91 Å². The first-order valence-corrected chi connectivity index (χ1v) is 10.00. The molecule has 0 bridgehead atoms. The SMILES string of the molecule is COc1ccc(OC)c(CCC(=O)Nc2cccc(CN3CCCCC3)c2)c1. The molecule has 150 valence electrons. The first-order valence-electron chi connectivity index (χ1n) is 10.00. The molecule has 5 nitrogen and oxygen atoms in total. The minimum atomic E-state index is -0.00000420. The molecule has 1 amide bonds. The second-order valence-electron chi connectivity index (χ2n) is 7.26. The molecule has 0 saturated carbocycles. The number of amides is 1. The molecule has 0 atom stereocenters. The topological polar surface area (TPSA) is 50.8 Å². The van der Waals surface area contributed by atoms with Crippen LogP contribution in [0.25, 0.3) is 0 Å². The Labute approximate surface area is 167 Å². The zero-order valence-corrected chi connectivity index (χ0v) is 16.9. The molecule has 1 heterocycles. The van der Waals surface area contributed by atoms with Crippen LogP contribution < -0.4 is 14.8 Å². The van der Waals surface area contributed by atoms with Crippen LogP contribution in [0, 0.1) is 0 Å². The predicted octanol–water partition coefficient (Wildman–Crippen LogP) is 4.26. The van der Waals surface area contributed by atoms with E-state index in [1.54, 1.807) is 14.2 Å². The Morgan fingerprint density at radius 1 is 1.04 bits per heavy atom. The summed E-state index contributed by atoms with van der Waals surface area (Å²) in [6, 6.07) is 13.8. The van der Waals surface area contributed by atoms with E-state index in [2.05, 4.69) is 22.3 Å². The Balaban J connectivity index is 1.55. The number of methoxy groups -OCH3 is 2. The summed E-state index contributed by atoms with van der Waals surface area (Å²) in [4.78, 5) is 14.9. The molecule has 0 aromatic heterocycles. The number of nitrogens with zero attached hydrogens (tertiary/aromatic N) is 1. The van der Waals surface area contributed by atoms with Gasteiger partial charge in [-0.15, -0.1) is 0 Å². The van der Waals surface area contributed by atoms with Gasteiger partial charge in [0.25, 0.3) is 0 Å². The zero-order chi connectivity index (χ0) is 19.8. The first kappa shape index (κ1) is 20.2. The summed E-state index contributed by atoms with van der Waals surface area (Å²) >= 11 is 0. The number of anilines is 1. The van der Waals surface area contributed by atoms with E-state index in [0.717, 1.165) is 29.3 Å². The smallest absolute Gasteiger partial charge is 0.224 e. The quantitative estimate of drug-likeness (QED) is 0.741. The van der Waals surface area contributed by atoms with Crippen molar-refractivity contribution in [2.24, 2.45) is 0 Å². The highest BCUT2D eigenvalue weighted by Crippen LogP contribution is 2.25. The van der Waals surface area contributed by atoms with Crippen LogP contribution in [-0.4, -0.2) is 38.1 Å². The molecule has 0 spiro atoms. The van der Waals surface area contributed by atoms with Crippen molar-refractivity contribution in [3.63, 3.8) is 0 Å². The lowest BCUT2D eigenvalue weighted by molar-refractivity contribution is -0.116. The van der Waals surface area contributed by atoms with Crippen molar-refractivity contribution in [1.29, 1.82) is 0 Å². The predicted molar refractivity (Wildman–Crippen MR) is 112 cm³/mol. The molecule has 3 rings (SSSR count). The number of benzene rings is 2. The molecule has 2 aromatic rings. The molecule has 1 aliphatic rings. The molecule has 0 unspecified atom stereocenters. The molecule has 1 aliphatic heterocycles. The largest absolute Gasteiger partial charge is 0.497 e. The summed E-state index contributed by atoms with van der Waals surface area (Å²) in [7, 11) is 3.27. The van der Waals surface area contributed by atoms with Gasteiger partial charge >= 0.3 is 0 Å². The van der Waals surface area contributed by atoms with Crippen LogP contribution in [0.1, 0.15) is 36.8 Å². The number of piperidine rings is 1. The minimum absolute atomic E-state index is 0.00000420. The fourth-order valence-corrected chi connectivity index (χ4v) is 3.67. The maximum atomic E-state index is 12.4. The van der Waals surface area contributed by atoms with Crippen LogP contribution >= 0.6 is 0 Å².